The molecule has 0 bridgehead atoms. The molecule has 6 heteroatoms. The molecule has 0 aromatic heterocycles. The minimum Gasteiger partial charge on any atom is -0.480 e. The summed E-state index contributed by atoms with van der Waals surface area (Å²) in [5, 5.41) is 12.1. The number of aliphatic carboxylic acids is 1. The van der Waals surface area contributed by atoms with Crippen LogP contribution in [-0.4, -0.2) is 65.7 Å². The average Bonchev–Trinajstić information content (AvgIpc) is 2.77. The molecule has 0 radical (unpaired) electrons. The number of amides is 2. The van der Waals surface area contributed by atoms with Crippen molar-refractivity contribution in [3.63, 3.8) is 0 Å². The number of nitrogens with one attached hydrogen (secondary N) is 1. The lowest BCUT2D eigenvalue weighted by Gasteiger charge is -2.30. The maximum Gasteiger partial charge on any atom is 0.329 e. The van der Waals surface area contributed by atoms with Crippen LogP contribution >= 0.6 is 0 Å². The predicted octanol–water partition coefficient (Wildman–Crippen LogP) is 1.22. The van der Waals surface area contributed by atoms with Gasteiger partial charge in [0, 0.05) is 19.1 Å². The van der Waals surface area contributed by atoms with Gasteiger partial charge in [0.05, 0.1) is 0 Å². The Morgan fingerprint density at radius 2 is 1.85 bits per heavy atom. The van der Waals surface area contributed by atoms with Crippen molar-refractivity contribution in [2.45, 2.75) is 45.2 Å². The highest BCUT2D eigenvalue weighted by Crippen LogP contribution is 2.22. The van der Waals surface area contributed by atoms with E-state index in [2.05, 4.69) is 17.1 Å². The second kappa shape index (κ2) is 6.43. The lowest BCUT2D eigenvalue weighted by molar-refractivity contribution is -0.144. The minimum absolute atomic E-state index is 0.271. The van der Waals surface area contributed by atoms with Crippen molar-refractivity contribution in [1.29, 1.82) is 0 Å². The number of hydrogen-bond donors (Lipinski definition) is 2. The van der Waals surface area contributed by atoms with Crippen molar-refractivity contribution >= 4 is 12.0 Å². The summed E-state index contributed by atoms with van der Waals surface area (Å²) in [6, 6.07) is 0.0514. The van der Waals surface area contributed by atoms with Crippen LogP contribution in [0.5, 0.6) is 0 Å². The second-order valence-electron chi connectivity index (χ2n) is 5.94. The van der Waals surface area contributed by atoms with Crippen LogP contribution in [0.15, 0.2) is 0 Å². The molecule has 0 aromatic carbocycles. The summed E-state index contributed by atoms with van der Waals surface area (Å²) in [5.74, 6) is -0.578. The number of urea groups is 1. The third-order valence-electron chi connectivity index (χ3n) is 4.49. The third-order valence-corrected chi connectivity index (χ3v) is 4.49. The number of nitrogens with zero attached hydrogens (tertiary/aromatic N) is 2. The van der Waals surface area contributed by atoms with E-state index in [1.54, 1.807) is 18.7 Å². The number of carboxylic acids is 1. The summed E-state index contributed by atoms with van der Waals surface area (Å²) in [5.41, 5.74) is -1.16. The Hall–Kier alpha value is -1.30. The Morgan fingerprint density at radius 3 is 2.20 bits per heavy atom. The van der Waals surface area contributed by atoms with Crippen LogP contribution in [0, 0.1) is 5.92 Å². The Bertz CT molecular complexity index is 367. The number of carboxylic acid groups (broad SMARTS) is 1. The fourth-order valence-electron chi connectivity index (χ4n) is 2.85. The van der Waals surface area contributed by atoms with Crippen molar-refractivity contribution in [1.82, 2.24) is 15.1 Å². The first-order valence-electron chi connectivity index (χ1n) is 7.24. The topological polar surface area (TPSA) is 72.9 Å². The molecule has 2 atom stereocenters. The van der Waals surface area contributed by atoms with Gasteiger partial charge in [0.15, 0.2) is 0 Å². The van der Waals surface area contributed by atoms with Gasteiger partial charge in [-0.05, 0) is 32.9 Å². The molecule has 1 aliphatic rings. The van der Waals surface area contributed by atoms with Gasteiger partial charge in [0.2, 0.25) is 0 Å². The highest BCUT2D eigenvalue weighted by Gasteiger charge is 2.40. The molecule has 1 fully saturated rings. The molecule has 20 heavy (non-hydrogen) atoms. The first-order valence-corrected chi connectivity index (χ1v) is 7.24. The maximum atomic E-state index is 12.3. The SMILES string of the molecule is CCC(CC)(NC(=O)N1CC(C)C(N(C)C)C1)C(=O)O. The molecule has 1 saturated heterocycles. The van der Waals surface area contributed by atoms with Gasteiger partial charge in [0.25, 0.3) is 0 Å². The lowest BCUT2D eigenvalue weighted by Crippen LogP contribution is -2.57. The van der Waals surface area contributed by atoms with Crippen molar-refractivity contribution in [2.75, 3.05) is 27.2 Å². The third kappa shape index (κ3) is 3.23. The molecule has 0 saturated carbocycles. The normalized spacial score (nSPS) is 23.2. The summed E-state index contributed by atoms with van der Waals surface area (Å²) in [4.78, 5) is 27.6. The van der Waals surface area contributed by atoms with Gasteiger partial charge >= 0.3 is 12.0 Å². The van der Waals surface area contributed by atoms with E-state index in [9.17, 15) is 14.7 Å². The van der Waals surface area contributed by atoms with Gasteiger partial charge in [-0.15, -0.1) is 0 Å². The summed E-state index contributed by atoms with van der Waals surface area (Å²) in [6.45, 7) is 6.99. The summed E-state index contributed by atoms with van der Waals surface area (Å²) in [7, 11) is 4.00. The van der Waals surface area contributed by atoms with Crippen molar-refractivity contribution in [3.05, 3.63) is 0 Å². The molecule has 0 spiro atoms. The molecule has 1 heterocycles. The quantitative estimate of drug-likeness (QED) is 0.796. The molecule has 1 aliphatic heterocycles. The summed E-state index contributed by atoms with van der Waals surface area (Å²) >= 11 is 0. The molecule has 6 nitrogen and oxygen atoms in total. The van der Waals surface area contributed by atoms with Crippen LogP contribution in [0.25, 0.3) is 0 Å². The van der Waals surface area contributed by atoms with Gasteiger partial charge in [-0.2, -0.15) is 0 Å². The van der Waals surface area contributed by atoms with E-state index in [1.807, 2.05) is 14.1 Å². The molecule has 0 aromatic rings. The zero-order valence-electron chi connectivity index (χ0n) is 13.1. The van der Waals surface area contributed by atoms with Crippen LogP contribution in [0.2, 0.25) is 0 Å². The standard InChI is InChI=1S/C14H27N3O3/c1-6-14(7-2,12(18)19)15-13(20)17-8-10(3)11(9-17)16(4)5/h10-11H,6-9H2,1-5H3,(H,15,20)(H,18,19). The number of hydrogen-bond acceptors (Lipinski definition) is 3. The highest BCUT2D eigenvalue weighted by molar-refractivity contribution is 5.86. The number of carbonyl (C=O) groups is 2. The summed E-state index contributed by atoms with van der Waals surface area (Å²) < 4.78 is 0. The van der Waals surface area contributed by atoms with E-state index >= 15 is 0 Å². The maximum absolute atomic E-state index is 12.3. The van der Waals surface area contributed by atoms with E-state index in [4.69, 9.17) is 0 Å². The molecular weight excluding hydrogens is 258 g/mol. The predicted molar refractivity (Wildman–Crippen MR) is 77.7 cm³/mol. The van der Waals surface area contributed by atoms with E-state index in [-0.39, 0.29) is 6.03 Å². The van der Waals surface area contributed by atoms with Crippen LogP contribution in [0.1, 0.15) is 33.6 Å². The molecule has 2 unspecified atom stereocenters. The number of carbonyl (C=O) groups excluding carboxylic acids is 1. The van der Waals surface area contributed by atoms with E-state index in [1.165, 1.54) is 0 Å². The zero-order valence-corrected chi connectivity index (χ0v) is 13.1. The van der Waals surface area contributed by atoms with E-state index in [0.717, 1.165) is 0 Å². The van der Waals surface area contributed by atoms with E-state index < -0.39 is 11.5 Å². The van der Waals surface area contributed by atoms with Crippen molar-refractivity contribution in [3.8, 4) is 0 Å². The molecule has 0 aliphatic carbocycles. The minimum atomic E-state index is -1.16. The van der Waals surface area contributed by atoms with Crippen LogP contribution in [0.4, 0.5) is 4.79 Å². The van der Waals surface area contributed by atoms with Crippen LogP contribution in [-0.2, 0) is 4.79 Å². The monoisotopic (exact) mass is 285 g/mol. The van der Waals surface area contributed by atoms with Crippen LogP contribution < -0.4 is 5.32 Å². The Morgan fingerprint density at radius 1 is 1.30 bits per heavy atom. The Balaban J connectivity index is 2.75. The van der Waals surface area contributed by atoms with Crippen molar-refractivity contribution in [2.24, 2.45) is 5.92 Å². The van der Waals surface area contributed by atoms with Gasteiger partial charge in [0.1, 0.15) is 5.54 Å². The first kappa shape index (κ1) is 16.8. The highest BCUT2D eigenvalue weighted by atomic mass is 16.4. The molecule has 2 amide bonds. The lowest BCUT2D eigenvalue weighted by atomic mass is 9.93. The molecule has 2 N–H and O–H groups in total. The first-order chi connectivity index (χ1) is 9.27. The van der Waals surface area contributed by atoms with Crippen LogP contribution in [0.3, 0.4) is 0 Å². The van der Waals surface area contributed by atoms with Gasteiger partial charge in [-0.3, -0.25) is 0 Å². The Labute approximate surface area is 121 Å². The second-order valence-corrected chi connectivity index (χ2v) is 5.94. The van der Waals surface area contributed by atoms with E-state index in [0.29, 0.717) is 37.9 Å². The number of rotatable bonds is 5. The zero-order chi connectivity index (χ0) is 15.5. The average molecular weight is 285 g/mol. The largest absolute Gasteiger partial charge is 0.480 e. The van der Waals surface area contributed by atoms with Gasteiger partial charge < -0.3 is 20.2 Å². The molecular formula is C14H27N3O3. The van der Waals surface area contributed by atoms with Gasteiger partial charge in [-0.1, -0.05) is 20.8 Å². The van der Waals surface area contributed by atoms with Gasteiger partial charge in [-0.25, -0.2) is 9.59 Å². The fourth-order valence-corrected chi connectivity index (χ4v) is 2.85. The Kier molecular flexibility index (Phi) is 5.39. The summed E-state index contributed by atoms with van der Waals surface area (Å²) in [6.07, 6.45) is 0.760. The molecule has 1 rings (SSSR count). The number of likely N-dealkylation sites (tertiary alicyclic amines) is 1. The molecule has 116 valence electrons. The fraction of sp³-hybridized carbons (Fsp3) is 0.857. The van der Waals surface area contributed by atoms with Crippen molar-refractivity contribution < 1.29 is 14.7 Å². The smallest absolute Gasteiger partial charge is 0.329 e. The number of likely N-dealkylation sites (N-methyl/N-ethyl adjacent to an activating group) is 1.